The summed E-state index contributed by atoms with van der Waals surface area (Å²) in [4.78, 5) is 11.3. The van der Waals surface area contributed by atoms with E-state index in [1.54, 1.807) is 0 Å². The van der Waals surface area contributed by atoms with Gasteiger partial charge in [0.15, 0.2) is 0 Å². The number of carbonyl (C=O) groups excluding carboxylic acids is 1. The summed E-state index contributed by atoms with van der Waals surface area (Å²) in [6.45, 7) is 10.00. The van der Waals surface area contributed by atoms with Crippen LogP contribution in [0, 0.1) is 5.41 Å². The molecule has 0 aromatic heterocycles. The molecule has 0 aromatic rings. The lowest BCUT2D eigenvalue weighted by molar-refractivity contribution is -0.147. The smallest absolute Gasteiger partial charge is 0.330 e. The molecule has 92 valence electrons. The van der Waals surface area contributed by atoms with E-state index in [0.29, 0.717) is 0 Å². The minimum absolute atomic E-state index is 0.151. The highest BCUT2D eigenvalue weighted by Gasteiger charge is 2.63. The Morgan fingerprint density at radius 3 is 2.44 bits per heavy atom. The Labute approximate surface area is 99.1 Å². The average molecular weight is 224 g/mol. The summed E-state index contributed by atoms with van der Waals surface area (Å²) in [5.74, 6) is -0.277. The van der Waals surface area contributed by atoms with Gasteiger partial charge in [-0.3, -0.25) is 0 Å². The van der Waals surface area contributed by atoms with Crippen LogP contribution in [0.3, 0.4) is 0 Å². The number of ether oxygens (including phenoxy) is 1. The zero-order valence-corrected chi connectivity index (χ0v) is 10.8. The van der Waals surface area contributed by atoms with Gasteiger partial charge in [-0.1, -0.05) is 46.6 Å². The molecule has 1 rings (SSSR count). The van der Waals surface area contributed by atoms with Crippen LogP contribution in [-0.2, 0) is 9.53 Å². The van der Waals surface area contributed by atoms with Crippen LogP contribution < -0.4 is 0 Å². The van der Waals surface area contributed by atoms with Gasteiger partial charge in [0, 0.05) is 11.5 Å². The lowest BCUT2D eigenvalue weighted by Crippen LogP contribution is -2.24. The third kappa shape index (κ3) is 2.87. The van der Waals surface area contributed by atoms with Gasteiger partial charge in [-0.05, 0) is 19.3 Å². The third-order valence-electron chi connectivity index (χ3n) is 3.73. The van der Waals surface area contributed by atoms with Crippen LogP contribution in [0.15, 0.2) is 12.7 Å². The van der Waals surface area contributed by atoms with Gasteiger partial charge in [-0.2, -0.15) is 0 Å². The first-order valence-corrected chi connectivity index (χ1v) is 6.33. The van der Waals surface area contributed by atoms with E-state index in [4.69, 9.17) is 4.74 Å². The third-order valence-corrected chi connectivity index (χ3v) is 3.73. The molecule has 0 saturated heterocycles. The van der Waals surface area contributed by atoms with Crippen LogP contribution >= 0.6 is 0 Å². The van der Waals surface area contributed by atoms with E-state index in [9.17, 15) is 4.79 Å². The van der Waals surface area contributed by atoms with Crippen LogP contribution in [0.5, 0.6) is 0 Å². The first-order valence-electron chi connectivity index (χ1n) is 6.33. The van der Waals surface area contributed by atoms with Crippen molar-refractivity contribution in [3.63, 3.8) is 0 Å². The van der Waals surface area contributed by atoms with E-state index in [2.05, 4.69) is 27.4 Å². The first-order chi connectivity index (χ1) is 7.47. The lowest BCUT2D eigenvalue weighted by atomic mass is 10.0. The van der Waals surface area contributed by atoms with Crippen LogP contribution in [0.2, 0.25) is 0 Å². The molecule has 2 heteroatoms. The quantitative estimate of drug-likeness (QED) is 0.373. The molecule has 1 fully saturated rings. The van der Waals surface area contributed by atoms with Crippen LogP contribution in [0.25, 0.3) is 0 Å². The Kier molecular flexibility index (Phi) is 4.17. The maximum Gasteiger partial charge on any atom is 0.330 e. The van der Waals surface area contributed by atoms with Gasteiger partial charge < -0.3 is 4.74 Å². The van der Waals surface area contributed by atoms with Gasteiger partial charge in [0.05, 0.1) is 0 Å². The Bertz CT molecular complexity index is 268. The molecule has 1 saturated carbocycles. The van der Waals surface area contributed by atoms with Crippen molar-refractivity contribution in [2.75, 3.05) is 0 Å². The van der Waals surface area contributed by atoms with Crippen molar-refractivity contribution in [1.29, 1.82) is 0 Å². The fourth-order valence-corrected chi connectivity index (χ4v) is 2.39. The second-order valence-corrected chi connectivity index (χ2v) is 5.49. The normalized spacial score (nSPS) is 26.2. The zero-order chi connectivity index (χ0) is 12.2. The molecule has 0 N–H and O–H groups in total. The minimum Gasteiger partial charge on any atom is -0.455 e. The lowest BCUT2D eigenvalue weighted by Gasteiger charge is -2.20. The summed E-state index contributed by atoms with van der Waals surface area (Å²) in [6, 6.07) is 0. The zero-order valence-electron chi connectivity index (χ0n) is 10.8. The Balaban J connectivity index is 2.43. The van der Waals surface area contributed by atoms with Crippen molar-refractivity contribution >= 4 is 5.97 Å². The van der Waals surface area contributed by atoms with Crippen LogP contribution in [0.1, 0.15) is 59.3 Å². The molecule has 1 aliphatic carbocycles. The SMILES string of the molecule is C=CC(=O)OC1(CCCCCC)CC1(C)C. The molecule has 0 heterocycles. The van der Waals surface area contributed by atoms with E-state index in [1.807, 2.05) is 0 Å². The number of carbonyl (C=O) groups is 1. The van der Waals surface area contributed by atoms with E-state index in [-0.39, 0.29) is 17.0 Å². The van der Waals surface area contributed by atoms with Gasteiger partial charge >= 0.3 is 5.97 Å². The first kappa shape index (κ1) is 13.3. The van der Waals surface area contributed by atoms with E-state index in [1.165, 1.54) is 25.3 Å². The standard InChI is InChI=1S/C14H24O2/c1-5-7-8-9-10-14(11-13(14,3)4)16-12(15)6-2/h6H,2,5,7-11H2,1,3-4H3. The predicted molar refractivity (Wildman–Crippen MR) is 66.2 cm³/mol. The fourth-order valence-electron chi connectivity index (χ4n) is 2.39. The fraction of sp³-hybridized carbons (Fsp3) is 0.786. The molecule has 0 aromatic carbocycles. The summed E-state index contributed by atoms with van der Waals surface area (Å²) < 4.78 is 5.54. The number of unbranched alkanes of at least 4 members (excludes halogenated alkanes) is 3. The number of hydrogen-bond acceptors (Lipinski definition) is 2. The maximum atomic E-state index is 11.3. The molecule has 1 unspecified atom stereocenters. The molecule has 0 radical (unpaired) electrons. The molecule has 0 amide bonds. The largest absolute Gasteiger partial charge is 0.455 e. The van der Waals surface area contributed by atoms with Crippen molar-refractivity contribution in [1.82, 2.24) is 0 Å². The average Bonchev–Trinajstić information content (AvgIpc) is 2.75. The molecule has 2 nitrogen and oxygen atoms in total. The second-order valence-electron chi connectivity index (χ2n) is 5.49. The van der Waals surface area contributed by atoms with Gasteiger partial charge in [0.2, 0.25) is 0 Å². The Morgan fingerprint density at radius 1 is 1.38 bits per heavy atom. The predicted octanol–water partition coefficient (Wildman–Crippen LogP) is 3.85. The van der Waals surface area contributed by atoms with Gasteiger partial charge in [0.25, 0.3) is 0 Å². The van der Waals surface area contributed by atoms with Crippen molar-refractivity contribution in [2.24, 2.45) is 5.41 Å². The highest BCUT2D eigenvalue weighted by atomic mass is 16.6. The van der Waals surface area contributed by atoms with Crippen molar-refractivity contribution in [3.05, 3.63) is 12.7 Å². The topological polar surface area (TPSA) is 26.3 Å². The molecule has 16 heavy (non-hydrogen) atoms. The minimum atomic E-state index is -0.277. The van der Waals surface area contributed by atoms with Crippen LogP contribution in [-0.4, -0.2) is 11.6 Å². The van der Waals surface area contributed by atoms with Gasteiger partial charge in [-0.15, -0.1) is 0 Å². The number of hydrogen-bond donors (Lipinski definition) is 0. The summed E-state index contributed by atoms with van der Waals surface area (Å²) in [6.07, 6.45) is 8.16. The second kappa shape index (κ2) is 5.03. The van der Waals surface area contributed by atoms with E-state index >= 15 is 0 Å². The highest BCUT2D eigenvalue weighted by Crippen LogP contribution is 2.61. The molecule has 0 bridgehead atoms. The summed E-state index contributed by atoms with van der Waals surface area (Å²) in [7, 11) is 0. The van der Waals surface area contributed by atoms with Gasteiger partial charge in [0.1, 0.15) is 5.60 Å². The Hall–Kier alpha value is -0.790. The maximum absolute atomic E-state index is 11.3. The molecular weight excluding hydrogens is 200 g/mol. The van der Waals surface area contributed by atoms with E-state index in [0.717, 1.165) is 19.3 Å². The molecule has 0 spiro atoms. The molecule has 0 aliphatic heterocycles. The number of esters is 1. The summed E-state index contributed by atoms with van der Waals surface area (Å²) in [5, 5.41) is 0. The molecular formula is C14H24O2. The highest BCUT2D eigenvalue weighted by molar-refractivity contribution is 5.82. The summed E-state index contributed by atoms with van der Waals surface area (Å²) >= 11 is 0. The van der Waals surface area contributed by atoms with Crippen molar-refractivity contribution < 1.29 is 9.53 Å². The Morgan fingerprint density at radius 2 is 2.00 bits per heavy atom. The van der Waals surface area contributed by atoms with Crippen molar-refractivity contribution in [3.8, 4) is 0 Å². The summed E-state index contributed by atoms with van der Waals surface area (Å²) in [5.41, 5.74) is -0.0517. The van der Waals surface area contributed by atoms with Gasteiger partial charge in [-0.25, -0.2) is 4.79 Å². The molecule has 1 atom stereocenters. The van der Waals surface area contributed by atoms with E-state index < -0.39 is 0 Å². The monoisotopic (exact) mass is 224 g/mol. The number of rotatable bonds is 7. The van der Waals surface area contributed by atoms with Crippen LogP contribution in [0.4, 0.5) is 0 Å². The molecule has 1 aliphatic rings. The van der Waals surface area contributed by atoms with Crippen molar-refractivity contribution in [2.45, 2.75) is 64.9 Å².